The topological polar surface area (TPSA) is 67.8 Å². The second-order valence-electron chi connectivity index (χ2n) is 5.25. The molecule has 0 heterocycles. The molecule has 0 bridgehead atoms. The molecule has 3 N–H and O–H groups in total. The number of unbranched alkanes of at least 4 members (excludes halogenated alkanes) is 1. The third-order valence-electron chi connectivity index (χ3n) is 3.15. The van der Waals surface area contributed by atoms with Gasteiger partial charge in [0.1, 0.15) is 11.7 Å². The number of oxime groups is 1. The van der Waals surface area contributed by atoms with Crippen molar-refractivity contribution in [3.8, 4) is 5.75 Å². The van der Waals surface area contributed by atoms with Crippen molar-refractivity contribution in [3.05, 3.63) is 29.8 Å². The number of nitrogens with two attached hydrogens (primary N) is 1. The van der Waals surface area contributed by atoms with E-state index in [1.165, 1.54) is 0 Å². The monoisotopic (exact) mass is 286 g/mol. The van der Waals surface area contributed by atoms with Gasteiger partial charge in [0.2, 0.25) is 0 Å². The second kappa shape index (κ2) is 7.07. The van der Waals surface area contributed by atoms with Gasteiger partial charge in [-0.15, -0.1) is 0 Å². The molecular formula is C14H20F2N2O2. The molecular weight excluding hydrogens is 266 g/mol. The summed E-state index contributed by atoms with van der Waals surface area (Å²) in [4.78, 5) is 0. The van der Waals surface area contributed by atoms with E-state index in [2.05, 4.69) is 5.16 Å². The Morgan fingerprint density at radius 1 is 1.35 bits per heavy atom. The first-order valence-electron chi connectivity index (χ1n) is 6.42. The van der Waals surface area contributed by atoms with E-state index < -0.39 is 17.0 Å². The lowest BCUT2D eigenvalue weighted by Crippen LogP contribution is -2.31. The minimum Gasteiger partial charge on any atom is -0.490 e. The fourth-order valence-corrected chi connectivity index (χ4v) is 1.70. The van der Waals surface area contributed by atoms with Crippen LogP contribution in [0.25, 0.3) is 0 Å². The van der Waals surface area contributed by atoms with Gasteiger partial charge in [-0.05, 0) is 31.4 Å². The van der Waals surface area contributed by atoms with Crippen molar-refractivity contribution in [2.75, 3.05) is 6.61 Å². The van der Waals surface area contributed by atoms with Crippen molar-refractivity contribution in [3.63, 3.8) is 0 Å². The Morgan fingerprint density at radius 3 is 2.70 bits per heavy atom. The largest absolute Gasteiger partial charge is 0.490 e. The predicted octanol–water partition coefficient (Wildman–Crippen LogP) is 3.29. The molecule has 0 aliphatic heterocycles. The predicted molar refractivity (Wildman–Crippen MR) is 72.9 cm³/mol. The number of benzene rings is 1. The van der Waals surface area contributed by atoms with Crippen LogP contribution >= 0.6 is 0 Å². The second-order valence-corrected chi connectivity index (χ2v) is 5.25. The van der Waals surface area contributed by atoms with Crippen molar-refractivity contribution in [2.45, 2.75) is 33.1 Å². The van der Waals surface area contributed by atoms with E-state index in [-0.39, 0.29) is 18.2 Å². The van der Waals surface area contributed by atoms with Gasteiger partial charge in [-0.2, -0.15) is 0 Å². The molecule has 20 heavy (non-hydrogen) atoms. The third-order valence-corrected chi connectivity index (χ3v) is 3.15. The van der Waals surface area contributed by atoms with Crippen molar-refractivity contribution >= 4 is 5.84 Å². The first-order valence-corrected chi connectivity index (χ1v) is 6.42. The summed E-state index contributed by atoms with van der Waals surface area (Å²) in [7, 11) is 0. The molecule has 0 fully saturated rings. The number of rotatable bonds is 7. The quantitative estimate of drug-likeness (QED) is 0.266. The number of hydrogen-bond donors (Lipinski definition) is 2. The third kappa shape index (κ3) is 4.68. The lowest BCUT2D eigenvalue weighted by atomic mass is 9.86. The molecule has 0 saturated heterocycles. The Hall–Kier alpha value is -1.85. The highest BCUT2D eigenvalue weighted by Gasteiger charge is 2.22. The van der Waals surface area contributed by atoms with Crippen molar-refractivity contribution < 1.29 is 18.7 Å². The minimum absolute atomic E-state index is 0.0827. The van der Waals surface area contributed by atoms with Crippen LogP contribution in [0.2, 0.25) is 0 Å². The minimum atomic E-state index is -0.580. The van der Waals surface area contributed by atoms with Crippen LogP contribution in [0.3, 0.4) is 0 Å². The first-order chi connectivity index (χ1) is 9.36. The van der Waals surface area contributed by atoms with Gasteiger partial charge in [0.15, 0.2) is 11.6 Å². The van der Waals surface area contributed by atoms with Gasteiger partial charge < -0.3 is 15.7 Å². The normalized spacial score (nSPS) is 12.5. The number of ether oxygens (including phenoxy) is 1. The van der Waals surface area contributed by atoms with E-state index in [1.807, 2.05) is 13.8 Å². The SMILES string of the molecule is CC(C)(CCCCOc1cc(F)ccc1F)/C(N)=N/O. The van der Waals surface area contributed by atoms with Gasteiger partial charge in [-0.25, -0.2) is 8.78 Å². The summed E-state index contributed by atoms with van der Waals surface area (Å²) in [5, 5.41) is 11.6. The van der Waals surface area contributed by atoms with Crippen LogP contribution in [-0.2, 0) is 0 Å². The molecule has 0 amide bonds. The summed E-state index contributed by atoms with van der Waals surface area (Å²) < 4.78 is 31.4. The lowest BCUT2D eigenvalue weighted by molar-refractivity contribution is 0.278. The van der Waals surface area contributed by atoms with Crippen molar-refractivity contribution in [2.24, 2.45) is 16.3 Å². The molecule has 0 aromatic heterocycles. The average Bonchev–Trinajstić information content (AvgIpc) is 2.41. The Morgan fingerprint density at radius 2 is 2.05 bits per heavy atom. The van der Waals surface area contributed by atoms with E-state index in [1.54, 1.807) is 0 Å². The van der Waals surface area contributed by atoms with Crippen LogP contribution in [0.15, 0.2) is 23.4 Å². The van der Waals surface area contributed by atoms with Crippen LogP contribution in [0.1, 0.15) is 33.1 Å². The van der Waals surface area contributed by atoms with Gasteiger partial charge in [0.05, 0.1) is 6.61 Å². The maximum Gasteiger partial charge on any atom is 0.165 e. The summed E-state index contributed by atoms with van der Waals surface area (Å²) >= 11 is 0. The molecule has 0 spiro atoms. The van der Waals surface area contributed by atoms with Crippen LogP contribution in [0.5, 0.6) is 5.75 Å². The van der Waals surface area contributed by atoms with E-state index >= 15 is 0 Å². The molecule has 0 aliphatic rings. The van der Waals surface area contributed by atoms with E-state index in [4.69, 9.17) is 15.7 Å². The molecule has 1 aromatic rings. The van der Waals surface area contributed by atoms with Crippen molar-refractivity contribution in [1.29, 1.82) is 0 Å². The molecule has 6 heteroatoms. The molecule has 0 saturated carbocycles. The van der Waals surface area contributed by atoms with Gasteiger partial charge in [0, 0.05) is 11.5 Å². The number of hydrogen-bond acceptors (Lipinski definition) is 3. The fourth-order valence-electron chi connectivity index (χ4n) is 1.70. The van der Waals surface area contributed by atoms with Crippen LogP contribution < -0.4 is 10.5 Å². The summed E-state index contributed by atoms with van der Waals surface area (Å²) in [6, 6.07) is 3.10. The molecule has 0 radical (unpaired) electrons. The van der Waals surface area contributed by atoms with Gasteiger partial charge >= 0.3 is 0 Å². The molecule has 1 aromatic carbocycles. The molecule has 4 nitrogen and oxygen atoms in total. The Kier molecular flexibility index (Phi) is 5.73. The van der Waals surface area contributed by atoms with Gasteiger partial charge in [0.25, 0.3) is 0 Å². The summed E-state index contributed by atoms with van der Waals surface area (Å²) in [5.74, 6) is -1.02. The molecule has 0 aliphatic carbocycles. The number of halogens is 2. The van der Waals surface area contributed by atoms with Crippen LogP contribution in [-0.4, -0.2) is 17.6 Å². The average molecular weight is 286 g/mol. The van der Waals surface area contributed by atoms with E-state index in [0.717, 1.165) is 24.6 Å². The smallest absolute Gasteiger partial charge is 0.165 e. The molecule has 0 atom stereocenters. The molecule has 1 rings (SSSR count). The Labute approximate surface area is 117 Å². The summed E-state index contributed by atoms with van der Waals surface area (Å²) in [5.41, 5.74) is 5.17. The van der Waals surface area contributed by atoms with Crippen molar-refractivity contribution in [1.82, 2.24) is 0 Å². The summed E-state index contributed by atoms with van der Waals surface area (Å²) in [6.07, 6.45) is 2.14. The van der Waals surface area contributed by atoms with Crippen LogP contribution in [0, 0.1) is 17.0 Å². The highest BCUT2D eigenvalue weighted by molar-refractivity contribution is 5.85. The Bertz CT molecular complexity index is 476. The number of amidine groups is 1. The standard InChI is InChI=1S/C14H20F2N2O2/c1-14(2,13(17)18-19)7-3-4-8-20-12-9-10(15)5-6-11(12)16/h5-6,9,19H,3-4,7-8H2,1-2H3,(H2,17,18). The lowest BCUT2D eigenvalue weighted by Gasteiger charge is -2.22. The maximum absolute atomic E-state index is 13.3. The number of nitrogens with zero attached hydrogens (tertiary/aromatic N) is 1. The zero-order valence-electron chi connectivity index (χ0n) is 11.7. The van der Waals surface area contributed by atoms with E-state index in [0.29, 0.717) is 12.8 Å². The van der Waals surface area contributed by atoms with Gasteiger partial charge in [-0.3, -0.25) is 0 Å². The molecule has 112 valence electrons. The highest BCUT2D eigenvalue weighted by Crippen LogP contribution is 2.24. The maximum atomic E-state index is 13.3. The zero-order valence-corrected chi connectivity index (χ0v) is 11.7. The van der Waals surface area contributed by atoms with Gasteiger partial charge in [-0.1, -0.05) is 19.0 Å². The van der Waals surface area contributed by atoms with Crippen LogP contribution in [0.4, 0.5) is 8.78 Å². The highest BCUT2D eigenvalue weighted by atomic mass is 19.1. The zero-order chi connectivity index (χ0) is 15.2. The summed E-state index contributed by atoms with van der Waals surface area (Å²) in [6.45, 7) is 4.02. The van der Waals surface area contributed by atoms with E-state index in [9.17, 15) is 8.78 Å². The Balaban J connectivity index is 2.34. The first kappa shape index (κ1) is 16.2. The fraction of sp³-hybridized carbons (Fsp3) is 0.500. The molecule has 0 unspecified atom stereocenters.